The fourth-order valence-corrected chi connectivity index (χ4v) is 2.71. The lowest BCUT2D eigenvalue weighted by atomic mass is 10.1. The largest absolute Gasteiger partial charge is 0.484 e. The van der Waals surface area contributed by atoms with E-state index >= 15 is 0 Å². The van der Waals surface area contributed by atoms with Gasteiger partial charge in [0.15, 0.2) is 6.61 Å². The zero-order chi connectivity index (χ0) is 15.6. The van der Waals surface area contributed by atoms with E-state index in [0.29, 0.717) is 18.8 Å². The topological polar surface area (TPSA) is 60.2 Å². The Kier molecular flexibility index (Phi) is 3.42. The van der Waals surface area contributed by atoms with E-state index in [-0.39, 0.29) is 18.6 Å². The average molecular weight is 308 g/mol. The van der Waals surface area contributed by atoms with Crippen molar-refractivity contribution >= 4 is 16.7 Å². The smallest absolute Gasteiger partial charge is 0.260 e. The van der Waals surface area contributed by atoms with Gasteiger partial charge in [-0.3, -0.25) is 4.79 Å². The van der Waals surface area contributed by atoms with Gasteiger partial charge in [-0.15, -0.1) is 0 Å². The summed E-state index contributed by atoms with van der Waals surface area (Å²) in [5, 5.41) is 10.4. The minimum atomic E-state index is -0.0124. The van der Waals surface area contributed by atoms with Gasteiger partial charge in [-0.05, 0) is 22.9 Å². The molecule has 0 bridgehead atoms. The normalized spacial score (nSPS) is 14.7. The van der Waals surface area contributed by atoms with E-state index in [1.807, 2.05) is 42.5 Å². The number of rotatable bonds is 4. The maximum Gasteiger partial charge on any atom is 0.260 e. The van der Waals surface area contributed by atoms with Crippen LogP contribution in [0.5, 0.6) is 5.75 Å². The third-order valence-electron chi connectivity index (χ3n) is 4.06. The van der Waals surface area contributed by atoms with Crippen LogP contribution in [0, 0.1) is 0 Å². The van der Waals surface area contributed by atoms with Crippen molar-refractivity contribution in [3.63, 3.8) is 0 Å². The molecule has 3 aromatic rings. The highest BCUT2D eigenvalue weighted by Crippen LogP contribution is 2.22. The van der Waals surface area contributed by atoms with Crippen LogP contribution in [0.1, 0.15) is 6.04 Å². The van der Waals surface area contributed by atoms with Crippen LogP contribution in [0.3, 0.4) is 0 Å². The van der Waals surface area contributed by atoms with Gasteiger partial charge in [0.1, 0.15) is 11.8 Å². The molecule has 6 nitrogen and oxygen atoms in total. The predicted octanol–water partition coefficient (Wildman–Crippen LogP) is 1.89. The molecule has 1 saturated heterocycles. The third-order valence-corrected chi connectivity index (χ3v) is 4.06. The van der Waals surface area contributed by atoms with Crippen molar-refractivity contribution in [1.29, 1.82) is 0 Å². The molecule has 0 saturated carbocycles. The van der Waals surface area contributed by atoms with Crippen LogP contribution in [0.15, 0.2) is 54.9 Å². The Balaban J connectivity index is 1.33. The summed E-state index contributed by atoms with van der Waals surface area (Å²) < 4.78 is 5.63. The monoisotopic (exact) mass is 308 g/mol. The Labute approximate surface area is 133 Å². The first kappa shape index (κ1) is 13.8. The molecule has 6 heteroatoms. The molecular formula is C17H16N4O2. The lowest BCUT2D eigenvalue weighted by Crippen LogP contribution is -2.52. The zero-order valence-electron chi connectivity index (χ0n) is 12.5. The van der Waals surface area contributed by atoms with Crippen molar-refractivity contribution in [2.45, 2.75) is 6.04 Å². The molecule has 116 valence electrons. The number of hydrogen-bond donors (Lipinski definition) is 0. The average Bonchev–Trinajstić information content (AvgIpc) is 3.05. The maximum absolute atomic E-state index is 12.1. The molecule has 4 rings (SSSR count). The van der Waals surface area contributed by atoms with Gasteiger partial charge in [-0.2, -0.15) is 15.0 Å². The SMILES string of the molecule is O=C(COc1ccc2ccccc2c1)N1CC(n2nccn2)C1. The lowest BCUT2D eigenvalue weighted by molar-refractivity contribution is -0.139. The van der Waals surface area contributed by atoms with E-state index in [0.717, 1.165) is 10.8 Å². The van der Waals surface area contributed by atoms with Crippen LogP contribution in [0.4, 0.5) is 0 Å². The quantitative estimate of drug-likeness (QED) is 0.738. The molecule has 0 atom stereocenters. The maximum atomic E-state index is 12.1. The number of benzene rings is 2. The van der Waals surface area contributed by atoms with Crippen molar-refractivity contribution in [3.05, 3.63) is 54.9 Å². The Hall–Kier alpha value is -2.89. The Morgan fingerprint density at radius 3 is 2.61 bits per heavy atom. The number of aromatic nitrogens is 3. The number of carbonyl (C=O) groups excluding carboxylic acids is 1. The summed E-state index contributed by atoms with van der Waals surface area (Å²) in [5.41, 5.74) is 0. The molecule has 0 spiro atoms. The van der Waals surface area contributed by atoms with Crippen LogP contribution in [-0.4, -0.2) is 45.5 Å². The van der Waals surface area contributed by atoms with Gasteiger partial charge in [0.2, 0.25) is 0 Å². The molecule has 0 unspecified atom stereocenters. The summed E-state index contributed by atoms with van der Waals surface area (Å²) in [6.45, 7) is 1.32. The first-order valence-corrected chi connectivity index (χ1v) is 7.55. The highest BCUT2D eigenvalue weighted by Gasteiger charge is 2.33. The van der Waals surface area contributed by atoms with Crippen molar-refractivity contribution < 1.29 is 9.53 Å². The molecular weight excluding hydrogens is 292 g/mol. The van der Waals surface area contributed by atoms with Gasteiger partial charge in [-0.25, -0.2) is 0 Å². The number of carbonyl (C=O) groups is 1. The number of likely N-dealkylation sites (tertiary alicyclic amines) is 1. The van der Waals surface area contributed by atoms with Crippen LogP contribution in [0.2, 0.25) is 0 Å². The number of hydrogen-bond acceptors (Lipinski definition) is 4. The molecule has 1 amide bonds. The number of amides is 1. The fraction of sp³-hybridized carbons (Fsp3) is 0.235. The van der Waals surface area contributed by atoms with E-state index in [2.05, 4.69) is 10.2 Å². The summed E-state index contributed by atoms with van der Waals surface area (Å²) in [5.74, 6) is 0.699. The first-order chi connectivity index (χ1) is 11.3. The van der Waals surface area contributed by atoms with Crippen LogP contribution >= 0.6 is 0 Å². The van der Waals surface area contributed by atoms with Crippen LogP contribution < -0.4 is 4.74 Å². The Morgan fingerprint density at radius 2 is 1.83 bits per heavy atom. The van der Waals surface area contributed by atoms with E-state index < -0.39 is 0 Å². The van der Waals surface area contributed by atoms with Gasteiger partial charge >= 0.3 is 0 Å². The second-order valence-electron chi connectivity index (χ2n) is 5.60. The Bertz CT molecular complexity index is 825. The molecule has 0 aliphatic carbocycles. The summed E-state index contributed by atoms with van der Waals surface area (Å²) in [7, 11) is 0. The number of nitrogens with zero attached hydrogens (tertiary/aromatic N) is 4. The standard InChI is InChI=1S/C17H16N4O2/c22-17(20-10-15(11-20)21-18-7-8-19-21)12-23-16-6-5-13-3-1-2-4-14(13)9-16/h1-9,15H,10-12H2. The molecule has 2 heterocycles. The van der Waals surface area contributed by atoms with Crippen LogP contribution in [-0.2, 0) is 4.79 Å². The van der Waals surface area contributed by atoms with E-state index in [1.165, 1.54) is 0 Å². The van der Waals surface area contributed by atoms with Gasteiger partial charge in [0, 0.05) is 13.1 Å². The third kappa shape index (κ3) is 2.75. The highest BCUT2D eigenvalue weighted by atomic mass is 16.5. The zero-order valence-corrected chi connectivity index (χ0v) is 12.5. The van der Waals surface area contributed by atoms with Gasteiger partial charge in [0.25, 0.3) is 5.91 Å². The van der Waals surface area contributed by atoms with Crippen molar-refractivity contribution in [3.8, 4) is 5.75 Å². The van der Waals surface area contributed by atoms with Crippen LogP contribution in [0.25, 0.3) is 10.8 Å². The van der Waals surface area contributed by atoms with Crippen molar-refractivity contribution in [2.24, 2.45) is 0 Å². The molecule has 23 heavy (non-hydrogen) atoms. The van der Waals surface area contributed by atoms with Crippen molar-refractivity contribution in [2.75, 3.05) is 19.7 Å². The van der Waals surface area contributed by atoms with E-state index in [9.17, 15) is 4.79 Å². The molecule has 0 radical (unpaired) electrons. The summed E-state index contributed by atoms with van der Waals surface area (Å²) >= 11 is 0. The van der Waals surface area contributed by atoms with E-state index in [1.54, 1.807) is 22.1 Å². The minimum absolute atomic E-state index is 0.0124. The second kappa shape index (κ2) is 5.72. The molecule has 0 N–H and O–H groups in total. The van der Waals surface area contributed by atoms with Crippen molar-refractivity contribution in [1.82, 2.24) is 19.9 Å². The van der Waals surface area contributed by atoms with Gasteiger partial charge < -0.3 is 9.64 Å². The molecule has 2 aromatic carbocycles. The number of fused-ring (bicyclic) bond motifs is 1. The second-order valence-corrected chi connectivity index (χ2v) is 5.60. The fourth-order valence-electron chi connectivity index (χ4n) is 2.71. The molecule has 1 aliphatic heterocycles. The lowest BCUT2D eigenvalue weighted by Gasteiger charge is -2.38. The van der Waals surface area contributed by atoms with Gasteiger partial charge in [0.05, 0.1) is 12.4 Å². The molecule has 1 aromatic heterocycles. The summed E-state index contributed by atoms with van der Waals surface area (Å²) in [6.07, 6.45) is 3.29. The summed E-state index contributed by atoms with van der Waals surface area (Å²) in [4.78, 5) is 15.5. The highest BCUT2D eigenvalue weighted by molar-refractivity contribution is 5.84. The number of ether oxygens (including phenoxy) is 1. The van der Waals surface area contributed by atoms with Gasteiger partial charge in [-0.1, -0.05) is 30.3 Å². The first-order valence-electron chi connectivity index (χ1n) is 7.55. The molecule has 1 fully saturated rings. The summed E-state index contributed by atoms with van der Waals surface area (Å²) in [6, 6.07) is 14.1. The minimum Gasteiger partial charge on any atom is -0.484 e. The van der Waals surface area contributed by atoms with E-state index in [4.69, 9.17) is 4.74 Å². The predicted molar refractivity (Wildman–Crippen MR) is 85.1 cm³/mol. The molecule has 1 aliphatic rings. The Morgan fingerprint density at radius 1 is 1.09 bits per heavy atom.